The van der Waals surface area contributed by atoms with Crippen molar-refractivity contribution < 1.29 is 8.42 Å². The quantitative estimate of drug-likeness (QED) is 0.880. The molecule has 0 saturated heterocycles. The Morgan fingerprint density at radius 1 is 1.35 bits per heavy atom. The molecule has 0 aliphatic heterocycles. The van der Waals surface area contributed by atoms with E-state index in [2.05, 4.69) is 13.5 Å². The summed E-state index contributed by atoms with van der Waals surface area (Å²) in [6.45, 7) is 0. The van der Waals surface area contributed by atoms with Crippen LogP contribution in [0.25, 0.3) is 11.0 Å². The molecular weight excluding hydrogens is 305 g/mol. The highest BCUT2D eigenvalue weighted by atomic mass is 35.5. The summed E-state index contributed by atoms with van der Waals surface area (Å²) in [7, 11) is -3.51. The fourth-order valence-corrected chi connectivity index (χ4v) is 3.46. The van der Waals surface area contributed by atoms with Crippen LogP contribution in [0.4, 0.5) is 5.69 Å². The van der Waals surface area contributed by atoms with Crippen molar-refractivity contribution in [1.29, 1.82) is 0 Å². The smallest absolute Gasteiger partial charge is 0.234 e. The monoisotopic (exact) mass is 311 g/mol. The molecule has 0 bridgehead atoms. The number of nitrogens with one attached hydrogen (secondary N) is 1. The third-order valence-corrected chi connectivity index (χ3v) is 4.51. The van der Waals surface area contributed by atoms with E-state index in [1.54, 1.807) is 12.1 Å². The van der Waals surface area contributed by atoms with Crippen LogP contribution in [0.15, 0.2) is 12.1 Å². The number of hydrogen-bond acceptors (Lipinski definition) is 5. The van der Waals surface area contributed by atoms with Crippen molar-refractivity contribution in [3.63, 3.8) is 0 Å². The summed E-state index contributed by atoms with van der Waals surface area (Å²) in [5.41, 5.74) is 1.30. The van der Waals surface area contributed by atoms with Crippen LogP contribution in [0.1, 0.15) is 0 Å². The van der Waals surface area contributed by atoms with Crippen molar-refractivity contribution in [2.45, 2.75) is 0 Å². The number of fused-ring (bicyclic) bond motifs is 1. The third kappa shape index (κ3) is 2.79. The number of anilines is 1. The molecule has 0 atom stereocenters. The molecule has 0 unspecified atom stereocenters. The second-order valence-electron chi connectivity index (χ2n) is 3.16. The molecule has 1 aromatic heterocycles. The van der Waals surface area contributed by atoms with Crippen molar-refractivity contribution in [1.82, 2.24) is 8.75 Å². The number of nitrogens with zero attached hydrogens (tertiary/aromatic N) is 2. The zero-order chi connectivity index (χ0) is 12.5. The van der Waals surface area contributed by atoms with Crippen LogP contribution in [0.3, 0.4) is 0 Å². The van der Waals surface area contributed by atoms with Crippen molar-refractivity contribution in [2.24, 2.45) is 0 Å². The first kappa shape index (κ1) is 12.8. The van der Waals surface area contributed by atoms with Crippen LogP contribution in [0.2, 0.25) is 5.02 Å². The van der Waals surface area contributed by atoms with E-state index in [4.69, 9.17) is 23.2 Å². The highest BCUT2D eigenvalue weighted by molar-refractivity contribution is 7.92. The van der Waals surface area contributed by atoms with E-state index in [1.807, 2.05) is 0 Å². The Bertz CT molecular complexity index is 641. The van der Waals surface area contributed by atoms with E-state index in [-0.39, 0.29) is 22.3 Å². The lowest BCUT2D eigenvalue weighted by molar-refractivity contribution is 0.602. The average Bonchev–Trinajstić information content (AvgIpc) is 2.70. The van der Waals surface area contributed by atoms with Crippen LogP contribution in [-0.2, 0) is 10.0 Å². The summed E-state index contributed by atoms with van der Waals surface area (Å²) in [6.07, 6.45) is 0. The molecule has 1 heterocycles. The number of sulfonamides is 1. The first-order valence-corrected chi connectivity index (χ1v) is 7.80. The molecule has 2 rings (SSSR count). The summed E-state index contributed by atoms with van der Waals surface area (Å²) in [5, 5.41) is 0.281. The van der Waals surface area contributed by atoms with Gasteiger partial charge in [-0.2, -0.15) is 8.75 Å². The Labute approximate surface area is 112 Å². The Balaban J connectivity index is 2.48. The van der Waals surface area contributed by atoms with Crippen molar-refractivity contribution in [3.8, 4) is 0 Å². The summed E-state index contributed by atoms with van der Waals surface area (Å²) in [5.74, 6) is -0.170. The molecule has 0 aliphatic rings. The molecule has 1 aromatic carbocycles. The van der Waals surface area contributed by atoms with Gasteiger partial charge in [0.25, 0.3) is 0 Å². The second-order valence-corrected chi connectivity index (χ2v) is 6.32. The van der Waals surface area contributed by atoms with E-state index in [0.717, 1.165) is 11.7 Å². The number of rotatable bonds is 4. The van der Waals surface area contributed by atoms with Crippen molar-refractivity contribution in [2.75, 3.05) is 16.4 Å². The highest BCUT2D eigenvalue weighted by Gasteiger charge is 2.16. The first-order chi connectivity index (χ1) is 8.03. The van der Waals surface area contributed by atoms with Crippen LogP contribution in [0.5, 0.6) is 0 Å². The minimum atomic E-state index is -3.51. The molecule has 5 nitrogen and oxygen atoms in total. The number of alkyl halides is 1. The molecule has 2 aromatic rings. The molecule has 0 radical (unpaired) electrons. The molecule has 0 saturated carbocycles. The van der Waals surface area contributed by atoms with Gasteiger partial charge in [0, 0.05) is 5.88 Å². The predicted molar refractivity (Wildman–Crippen MR) is 70.6 cm³/mol. The first-order valence-electron chi connectivity index (χ1n) is 4.51. The zero-order valence-corrected chi connectivity index (χ0v) is 11.5. The van der Waals surface area contributed by atoms with Gasteiger partial charge in [-0.1, -0.05) is 11.6 Å². The van der Waals surface area contributed by atoms with Crippen LogP contribution >= 0.6 is 34.9 Å². The maximum absolute atomic E-state index is 11.6. The largest absolute Gasteiger partial charge is 0.280 e. The molecule has 0 amide bonds. The Kier molecular flexibility index (Phi) is 3.72. The van der Waals surface area contributed by atoms with E-state index in [0.29, 0.717) is 11.0 Å². The van der Waals surface area contributed by atoms with Gasteiger partial charge in [0.15, 0.2) is 0 Å². The fourth-order valence-electron chi connectivity index (χ4n) is 1.23. The molecule has 0 fully saturated rings. The van der Waals surface area contributed by atoms with Gasteiger partial charge in [0.1, 0.15) is 11.0 Å². The molecule has 0 spiro atoms. The molecule has 1 N–H and O–H groups in total. The lowest BCUT2D eigenvalue weighted by Gasteiger charge is -2.08. The lowest BCUT2D eigenvalue weighted by atomic mass is 10.3. The van der Waals surface area contributed by atoms with Gasteiger partial charge in [0.05, 0.1) is 28.2 Å². The summed E-state index contributed by atoms with van der Waals surface area (Å²) < 4.78 is 33.6. The SMILES string of the molecule is O=S(=O)(CCCl)Nc1c(Cl)ccc2nsnc12. The van der Waals surface area contributed by atoms with Gasteiger partial charge in [-0.3, -0.25) is 4.72 Å². The van der Waals surface area contributed by atoms with Crippen LogP contribution < -0.4 is 4.72 Å². The molecular formula is C8H7Cl2N3O2S2. The molecule has 0 aliphatic carbocycles. The third-order valence-electron chi connectivity index (χ3n) is 1.98. The predicted octanol–water partition coefficient (Wildman–Crippen LogP) is 2.33. The van der Waals surface area contributed by atoms with E-state index in [9.17, 15) is 8.42 Å². The average molecular weight is 312 g/mol. The Morgan fingerprint density at radius 2 is 2.12 bits per heavy atom. The summed E-state index contributed by atoms with van der Waals surface area (Å²) in [6, 6.07) is 3.25. The Hall–Kier alpha value is -0.630. The van der Waals surface area contributed by atoms with E-state index < -0.39 is 10.0 Å². The van der Waals surface area contributed by atoms with E-state index >= 15 is 0 Å². The maximum atomic E-state index is 11.6. The zero-order valence-electron chi connectivity index (χ0n) is 8.35. The normalized spacial score (nSPS) is 11.9. The minimum absolute atomic E-state index is 0.0121. The van der Waals surface area contributed by atoms with Gasteiger partial charge in [-0.25, -0.2) is 8.42 Å². The summed E-state index contributed by atoms with van der Waals surface area (Å²) in [4.78, 5) is 0. The Morgan fingerprint density at radius 3 is 2.82 bits per heavy atom. The lowest BCUT2D eigenvalue weighted by Crippen LogP contribution is -2.18. The van der Waals surface area contributed by atoms with Crippen molar-refractivity contribution >= 4 is 61.7 Å². The van der Waals surface area contributed by atoms with Gasteiger partial charge in [-0.05, 0) is 12.1 Å². The van der Waals surface area contributed by atoms with E-state index in [1.165, 1.54) is 0 Å². The van der Waals surface area contributed by atoms with Gasteiger partial charge < -0.3 is 0 Å². The van der Waals surface area contributed by atoms with Gasteiger partial charge in [0.2, 0.25) is 10.0 Å². The standard InChI is InChI=1S/C8H7Cl2N3O2S2/c9-3-4-17(14,15)13-7-5(10)1-2-6-8(7)12-16-11-6/h1-2,13H,3-4H2. The van der Waals surface area contributed by atoms with Gasteiger partial charge in [-0.15, -0.1) is 11.6 Å². The summed E-state index contributed by atoms with van der Waals surface area (Å²) >= 11 is 12.3. The number of benzene rings is 1. The molecule has 17 heavy (non-hydrogen) atoms. The maximum Gasteiger partial charge on any atom is 0.234 e. The number of halogens is 2. The number of hydrogen-bond donors (Lipinski definition) is 1. The number of aromatic nitrogens is 2. The topological polar surface area (TPSA) is 72.0 Å². The van der Waals surface area contributed by atoms with Crippen LogP contribution in [0, 0.1) is 0 Å². The fraction of sp³-hybridized carbons (Fsp3) is 0.250. The van der Waals surface area contributed by atoms with Crippen molar-refractivity contribution in [3.05, 3.63) is 17.2 Å². The van der Waals surface area contributed by atoms with Gasteiger partial charge >= 0.3 is 0 Å². The second kappa shape index (κ2) is 4.93. The van der Waals surface area contributed by atoms with Crippen LogP contribution in [-0.4, -0.2) is 28.8 Å². The molecule has 92 valence electrons. The highest BCUT2D eigenvalue weighted by Crippen LogP contribution is 2.30. The molecule has 9 heteroatoms. The minimum Gasteiger partial charge on any atom is -0.280 e.